The Bertz CT molecular complexity index is 1010. The molecule has 0 N–H and O–H groups in total. The highest BCUT2D eigenvalue weighted by molar-refractivity contribution is 7.43. The Morgan fingerprint density at radius 3 is 2.61 bits per heavy atom. The highest BCUT2D eigenvalue weighted by Gasteiger charge is 2.75. The molecule has 11 heteroatoms. The molecular weight excluding hydrogens is 464 g/mol. The average molecular weight is 488 g/mol. The zero-order valence-electron chi connectivity index (χ0n) is 17.8. The maximum Gasteiger partial charge on any atom is 0.411 e. The lowest BCUT2D eigenvalue weighted by Gasteiger charge is -2.65. The van der Waals surface area contributed by atoms with E-state index in [0.717, 1.165) is 44.9 Å². The van der Waals surface area contributed by atoms with E-state index in [-0.39, 0.29) is 23.1 Å². The van der Waals surface area contributed by atoms with Gasteiger partial charge in [0.2, 0.25) is 0 Å². The first-order valence-corrected chi connectivity index (χ1v) is 12.6. The lowest BCUT2D eigenvalue weighted by atomic mass is 9.53. The van der Waals surface area contributed by atoms with E-state index < -0.39 is 32.0 Å². The summed E-state index contributed by atoms with van der Waals surface area (Å²) in [4.78, 5) is 33.5. The second-order valence-corrected chi connectivity index (χ2v) is 10.3. The highest BCUT2D eigenvalue weighted by atomic mass is 31.2. The second kappa shape index (κ2) is 8.07. The highest BCUT2D eigenvalue weighted by Crippen LogP contribution is 2.67. The van der Waals surface area contributed by atoms with Gasteiger partial charge in [-0.1, -0.05) is 29.7 Å². The molecule has 1 spiro atoms. The van der Waals surface area contributed by atoms with E-state index in [4.69, 9.17) is 14.5 Å². The summed E-state index contributed by atoms with van der Waals surface area (Å²) < 4.78 is 61.0. The normalized spacial score (nSPS) is 34.1. The van der Waals surface area contributed by atoms with E-state index in [1.807, 2.05) is 0 Å². The number of hydrogen-bond donors (Lipinski definition) is 0. The molecule has 2 bridgehead atoms. The van der Waals surface area contributed by atoms with E-state index >= 15 is 0 Å². The Morgan fingerprint density at radius 1 is 1.12 bits per heavy atom. The van der Waals surface area contributed by atoms with Crippen molar-refractivity contribution in [1.82, 2.24) is 0 Å². The summed E-state index contributed by atoms with van der Waals surface area (Å²) in [6.07, 6.45) is 2.46. The van der Waals surface area contributed by atoms with Gasteiger partial charge in [0.25, 0.3) is 5.79 Å². The van der Waals surface area contributed by atoms with Gasteiger partial charge in [-0.05, 0) is 57.1 Å². The molecule has 1 aromatic rings. The van der Waals surface area contributed by atoms with Crippen LogP contribution in [0.15, 0.2) is 35.4 Å². The van der Waals surface area contributed by atoms with Crippen LogP contribution in [0, 0.1) is 11.8 Å². The predicted octanol–water partition coefficient (Wildman–Crippen LogP) is 4.02. The monoisotopic (exact) mass is 488 g/mol. The molecule has 7 nitrogen and oxygen atoms in total. The summed E-state index contributed by atoms with van der Waals surface area (Å²) in [6.45, 7) is -1.57. The number of fused-ring (bicyclic) bond motifs is 1. The zero-order valence-corrected chi connectivity index (χ0v) is 18.7. The van der Waals surface area contributed by atoms with E-state index in [2.05, 4.69) is 4.52 Å². The van der Waals surface area contributed by atoms with Crippen LogP contribution in [0.4, 0.5) is 13.2 Å². The fourth-order valence-electron chi connectivity index (χ4n) is 6.31. The van der Waals surface area contributed by atoms with Crippen molar-refractivity contribution in [3.05, 3.63) is 41.0 Å². The lowest BCUT2D eigenvalue weighted by molar-refractivity contribution is -0.644. The van der Waals surface area contributed by atoms with Gasteiger partial charge in [-0.25, -0.2) is 4.89 Å². The molecule has 0 amide bonds. The van der Waals surface area contributed by atoms with Gasteiger partial charge in [0, 0.05) is 17.4 Å². The van der Waals surface area contributed by atoms with Crippen LogP contribution in [0.2, 0.25) is 0 Å². The van der Waals surface area contributed by atoms with Crippen molar-refractivity contribution in [2.45, 2.75) is 68.9 Å². The minimum Gasteiger partial charge on any atom is -0.780 e. The minimum absolute atomic E-state index is 0.121. The smallest absolute Gasteiger partial charge is 0.411 e. The molecule has 1 heterocycles. The van der Waals surface area contributed by atoms with Gasteiger partial charge in [0.1, 0.15) is 20.2 Å². The molecule has 1 saturated carbocycles. The first-order chi connectivity index (χ1) is 15.5. The zero-order chi connectivity index (χ0) is 23.5. The summed E-state index contributed by atoms with van der Waals surface area (Å²) in [5.74, 6) is -2.52. The third-order valence-electron chi connectivity index (χ3n) is 7.39. The number of allylic oxidation sites excluding steroid dienone is 1. The van der Waals surface area contributed by atoms with Crippen molar-refractivity contribution >= 4 is 7.82 Å². The summed E-state index contributed by atoms with van der Waals surface area (Å²) in [7, 11) is -5.37. The number of alkyl halides is 3. The van der Waals surface area contributed by atoms with E-state index in [1.165, 1.54) is 35.4 Å². The molecular formula is C22H24F3O7P-2. The quantitative estimate of drug-likeness (QED) is 0.351. The second-order valence-electron chi connectivity index (χ2n) is 9.27. The van der Waals surface area contributed by atoms with Crippen molar-refractivity contribution < 1.29 is 46.6 Å². The molecule has 1 saturated heterocycles. The molecule has 1 aliphatic heterocycles. The van der Waals surface area contributed by atoms with Crippen LogP contribution >= 0.6 is 7.82 Å². The number of phosphoric acid groups is 1. The standard InChI is InChI=1S/C22H26F3O7P/c23-20(24,25)13-29-22(16-7-3-8-17(12-16)30-33(26,27)28)21(31-32-22)15-6-4-10-19(21)18-9-2-1-5-14(18)11-15/h3,7-8,12,15,19H,1-2,4-6,9-11,13H2,(H2,26,27,28)/p-2. The Morgan fingerprint density at radius 2 is 1.91 bits per heavy atom. The van der Waals surface area contributed by atoms with Crippen LogP contribution in [0.5, 0.6) is 5.75 Å². The number of rotatable bonds is 5. The van der Waals surface area contributed by atoms with Gasteiger partial charge in [0.15, 0.2) is 5.60 Å². The first kappa shape index (κ1) is 23.3. The molecule has 0 aromatic heterocycles. The van der Waals surface area contributed by atoms with Crippen molar-refractivity contribution in [3.8, 4) is 5.75 Å². The fourth-order valence-corrected chi connectivity index (χ4v) is 6.68. The molecule has 4 aliphatic rings. The molecule has 0 radical (unpaired) electrons. The summed E-state index contributed by atoms with van der Waals surface area (Å²) in [6, 6.07) is 5.29. The van der Waals surface area contributed by atoms with Crippen molar-refractivity contribution in [2.24, 2.45) is 11.8 Å². The van der Waals surface area contributed by atoms with Crippen LogP contribution in [-0.4, -0.2) is 18.4 Å². The van der Waals surface area contributed by atoms with Gasteiger partial charge in [-0.15, -0.1) is 0 Å². The van der Waals surface area contributed by atoms with Crippen LogP contribution in [-0.2, 0) is 24.9 Å². The van der Waals surface area contributed by atoms with Crippen molar-refractivity contribution in [1.29, 1.82) is 0 Å². The van der Waals surface area contributed by atoms with E-state index in [1.54, 1.807) is 0 Å². The third kappa shape index (κ3) is 3.94. The van der Waals surface area contributed by atoms with Gasteiger partial charge in [0.05, 0.1) is 0 Å². The van der Waals surface area contributed by atoms with E-state index in [0.29, 0.717) is 6.42 Å². The maximum absolute atomic E-state index is 13.3. The van der Waals surface area contributed by atoms with Crippen LogP contribution in [0.1, 0.15) is 56.9 Å². The molecule has 4 unspecified atom stereocenters. The van der Waals surface area contributed by atoms with Crippen molar-refractivity contribution in [3.63, 3.8) is 0 Å². The SMILES string of the molecule is O=P([O-])([O-])Oc1cccc(C2(OCC(F)(F)F)OOC23C2CCCC3C3=C(CCCC3)C2)c1. The minimum atomic E-state index is -5.37. The Kier molecular flexibility index (Phi) is 5.70. The Hall–Kier alpha value is -1.42. The predicted molar refractivity (Wildman–Crippen MR) is 104 cm³/mol. The number of ether oxygens (including phenoxy) is 1. The van der Waals surface area contributed by atoms with E-state index in [9.17, 15) is 27.5 Å². The Balaban J connectivity index is 1.61. The maximum atomic E-state index is 13.3. The topological polar surface area (TPSA) is 100 Å². The molecule has 182 valence electrons. The summed E-state index contributed by atoms with van der Waals surface area (Å²) in [5, 5.41) is 0. The number of halogens is 3. The third-order valence-corrected chi connectivity index (χ3v) is 7.83. The largest absolute Gasteiger partial charge is 0.780 e. The van der Waals surface area contributed by atoms with Crippen LogP contribution in [0.3, 0.4) is 0 Å². The average Bonchev–Trinajstić information content (AvgIpc) is 2.71. The van der Waals surface area contributed by atoms with Gasteiger partial charge in [-0.2, -0.15) is 18.1 Å². The Labute approximate surface area is 189 Å². The van der Waals surface area contributed by atoms with Gasteiger partial charge in [-0.3, -0.25) is 0 Å². The summed E-state index contributed by atoms with van der Waals surface area (Å²) in [5.41, 5.74) is 1.55. The molecule has 5 rings (SSSR count). The van der Waals surface area contributed by atoms with Gasteiger partial charge >= 0.3 is 6.18 Å². The lowest BCUT2D eigenvalue weighted by Crippen LogP contribution is -2.75. The number of hydrogen-bond acceptors (Lipinski definition) is 7. The van der Waals surface area contributed by atoms with Crippen molar-refractivity contribution in [2.75, 3.05) is 6.61 Å². The molecule has 33 heavy (non-hydrogen) atoms. The number of phosphoric ester groups is 1. The molecule has 1 aromatic carbocycles. The number of benzene rings is 1. The van der Waals surface area contributed by atoms with Gasteiger partial charge < -0.3 is 23.6 Å². The van der Waals surface area contributed by atoms with Crippen LogP contribution < -0.4 is 14.3 Å². The molecule has 3 aliphatic carbocycles. The first-order valence-electron chi connectivity index (χ1n) is 11.1. The summed E-state index contributed by atoms with van der Waals surface area (Å²) >= 11 is 0. The molecule has 4 atom stereocenters. The molecule has 2 fully saturated rings. The fraction of sp³-hybridized carbons (Fsp3) is 0.636. The van der Waals surface area contributed by atoms with Crippen LogP contribution in [0.25, 0.3) is 0 Å².